The Bertz CT molecular complexity index is 718. The molecule has 0 spiro atoms. The molecule has 0 aromatic heterocycles. The molecule has 3 rings (SSSR count). The third-order valence-electron chi connectivity index (χ3n) is 4.07. The van der Waals surface area contributed by atoms with Gasteiger partial charge in [0.05, 0.1) is 16.5 Å². The van der Waals surface area contributed by atoms with Gasteiger partial charge < -0.3 is 9.64 Å². The van der Waals surface area contributed by atoms with E-state index in [1.165, 1.54) is 0 Å². The summed E-state index contributed by atoms with van der Waals surface area (Å²) in [5.74, 6) is 0.343. The molecular formula is C15H17Cl2NO4S. The standard InChI is InChI=1S/C15H17Cl2NO4S/c16-10-1-4-13(17)14(7-10)22-8-15(19)18(11-2-3-11)12-5-6-23(20,21)9-12/h1,4,7,11-12H,2-3,5-6,8-9H2/t12-/m1/s1. The van der Waals surface area contributed by atoms with Crippen LogP contribution in [0.3, 0.4) is 0 Å². The number of carbonyl (C=O) groups is 1. The summed E-state index contributed by atoms with van der Waals surface area (Å²) in [5, 5.41) is 0.849. The topological polar surface area (TPSA) is 63.7 Å². The second-order valence-electron chi connectivity index (χ2n) is 5.95. The number of nitrogens with zero attached hydrogens (tertiary/aromatic N) is 1. The third kappa shape index (κ3) is 4.11. The summed E-state index contributed by atoms with van der Waals surface area (Å²) in [4.78, 5) is 14.2. The molecule has 1 saturated heterocycles. The first-order chi connectivity index (χ1) is 10.9. The van der Waals surface area contributed by atoms with Crippen molar-refractivity contribution in [3.63, 3.8) is 0 Å². The molecule has 1 aliphatic carbocycles. The van der Waals surface area contributed by atoms with Crippen molar-refractivity contribution in [1.82, 2.24) is 4.90 Å². The highest BCUT2D eigenvalue weighted by molar-refractivity contribution is 7.91. The number of amides is 1. The van der Waals surface area contributed by atoms with Crippen molar-refractivity contribution in [2.45, 2.75) is 31.3 Å². The Kier molecular flexibility index (Phi) is 4.76. The van der Waals surface area contributed by atoms with E-state index >= 15 is 0 Å². The Morgan fingerprint density at radius 2 is 1.96 bits per heavy atom. The summed E-state index contributed by atoms with van der Waals surface area (Å²) in [7, 11) is -3.03. The normalized spacial score (nSPS) is 22.8. The summed E-state index contributed by atoms with van der Waals surface area (Å²) < 4.78 is 28.8. The van der Waals surface area contributed by atoms with E-state index in [1.54, 1.807) is 23.1 Å². The van der Waals surface area contributed by atoms with E-state index < -0.39 is 9.84 Å². The van der Waals surface area contributed by atoms with Crippen LogP contribution in [0, 0.1) is 0 Å². The van der Waals surface area contributed by atoms with Crippen molar-refractivity contribution < 1.29 is 17.9 Å². The minimum atomic E-state index is -3.03. The fraction of sp³-hybridized carbons (Fsp3) is 0.533. The highest BCUT2D eigenvalue weighted by atomic mass is 35.5. The molecule has 126 valence electrons. The first-order valence-electron chi connectivity index (χ1n) is 7.45. The maximum Gasteiger partial charge on any atom is 0.261 e. The number of hydrogen-bond acceptors (Lipinski definition) is 4. The molecule has 0 radical (unpaired) electrons. The number of sulfone groups is 1. The largest absolute Gasteiger partial charge is 0.482 e. The van der Waals surface area contributed by atoms with Crippen LogP contribution in [0.15, 0.2) is 18.2 Å². The van der Waals surface area contributed by atoms with Gasteiger partial charge in [0, 0.05) is 23.2 Å². The Labute approximate surface area is 145 Å². The van der Waals surface area contributed by atoms with Gasteiger partial charge in [-0.15, -0.1) is 0 Å². The van der Waals surface area contributed by atoms with Crippen LogP contribution in [0.25, 0.3) is 0 Å². The summed E-state index contributed by atoms with van der Waals surface area (Å²) in [5.41, 5.74) is 0. The van der Waals surface area contributed by atoms with Gasteiger partial charge in [-0.1, -0.05) is 23.2 Å². The molecule has 0 unspecified atom stereocenters. The average molecular weight is 378 g/mol. The lowest BCUT2D eigenvalue weighted by Gasteiger charge is -2.28. The minimum absolute atomic E-state index is 0.0488. The van der Waals surface area contributed by atoms with Gasteiger partial charge in [0.15, 0.2) is 16.4 Å². The zero-order valence-corrected chi connectivity index (χ0v) is 14.7. The van der Waals surface area contributed by atoms with Crippen LogP contribution in [0.5, 0.6) is 5.75 Å². The zero-order valence-electron chi connectivity index (χ0n) is 12.4. The van der Waals surface area contributed by atoms with Gasteiger partial charge in [-0.05, 0) is 31.4 Å². The van der Waals surface area contributed by atoms with Gasteiger partial charge in [0.25, 0.3) is 5.91 Å². The maximum atomic E-state index is 12.5. The van der Waals surface area contributed by atoms with Crippen molar-refractivity contribution in [2.75, 3.05) is 18.1 Å². The van der Waals surface area contributed by atoms with Crippen LogP contribution in [0.4, 0.5) is 0 Å². The van der Waals surface area contributed by atoms with Gasteiger partial charge in [-0.25, -0.2) is 8.42 Å². The number of carbonyl (C=O) groups excluding carboxylic acids is 1. The van der Waals surface area contributed by atoms with E-state index in [9.17, 15) is 13.2 Å². The molecule has 5 nitrogen and oxygen atoms in total. The van der Waals surface area contributed by atoms with E-state index in [0.717, 1.165) is 12.8 Å². The number of ether oxygens (including phenoxy) is 1. The molecule has 23 heavy (non-hydrogen) atoms. The van der Waals surface area contributed by atoms with E-state index in [-0.39, 0.29) is 36.1 Å². The van der Waals surface area contributed by atoms with Gasteiger partial charge in [-0.3, -0.25) is 4.79 Å². The second-order valence-corrected chi connectivity index (χ2v) is 9.02. The van der Waals surface area contributed by atoms with Gasteiger partial charge in [0.1, 0.15) is 5.75 Å². The van der Waals surface area contributed by atoms with Crippen LogP contribution in [0.2, 0.25) is 10.0 Å². The van der Waals surface area contributed by atoms with Crippen molar-refractivity contribution in [3.8, 4) is 5.75 Å². The molecule has 1 aliphatic heterocycles. The lowest BCUT2D eigenvalue weighted by Crippen LogP contribution is -2.45. The lowest BCUT2D eigenvalue weighted by molar-refractivity contribution is -0.135. The molecule has 1 heterocycles. The summed E-state index contributed by atoms with van der Waals surface area (Å²) in [6.45, 7) is -0.174. The van der Waals surface area contributed by atoms with E-state index in [2.05, 4.69) is 0 Å². The molecule has 2 aliphatic rings. The van der Waals surface area contributed by atoms with Crippen molar-refractivity contribution in [1.29, 1.82) is 0 Å². The highest BCUT2D eigenvalue weighted by Crippen LogP contribution is 2.33. The maximum absolute atomic E-state index is 12.5. The molecule has 1 saturated carbocycles. The minimum Gasteiger partial charge on any atom is -0.482 e. The zero-order chi connectivity index (χ0) is 16.6. The summed E-state index contributed by atoms with van der Waals surface area (Å²) in [6.07, 6.45) is 2.34. The molecule has 1 amide bonds. The Morgan fingerprint density at radius 3 is 2.57 bits per heavy atom. The van der Waals surface area contributed by atoms with Crippen LogP contribution in [-0.4, -0.2) is 49.4 Å². The first-order valence-corrected chi connectivity index (χ1v) is 10.0. The fourth-order valence-corrected chi connectivity index (χ4v) is 4.90. The molecule has 8 heteroatoms. The Hall–Kier alpha value is -0.980. The van der Waals surface area contributed by atoms with E-state index in [0.29, 0.717) is 22.2 Å². The van der Waals surface area contributed by atoms with Crippen LogP contribution < -0.4 is 4.74 Å². The monoisotopic (exact) mass is 377 g/mol. The predicted molar refractivity (Wildman–Crippen MR) is 88.9 cm³/mol. The number of rotatable bonds is 5. The van der Waals surface area contributed by atoms with E-state index in [1.807, 2.05) is 0 Å². The number of halogens is 2. The molecule has 2 fully saturated rings. The van der Waals surface area contributed by atoms with Gasteiger partial charge in [0.2, 0.25) is 0 Å². The summed E-state index contributed by atoms with van der Waals surface area (Å²) in [6, 6.07) is 4.70. The number of hydrogen-bond donors (Lipinski definition) is 0. The van der Waals surface area contributed by atoms with Crippen molar-refractivity contribution >= 4 is 38.9 Å². The summed E-state index contributed by atoms with van der Waals surface area (Å²) >= 11 is 11.9. The van der Waals surface area contributed by atoms with Gasteiger partial charge >= 0.3 is 0 Å². The van der Waals surface area contributed by atoms with Crippen LogP contribution >= 0.6 is 23.2 Å². The lowest BCUT2D eigenvalue weighted by atomic mass is 10.2. The highest BCUT2D eigenvalue weighted by Gasteiger charge is 2.42. The first kappa shape index (κ1) is 16.9. The predicted octanol–water partition coefficient (Wildman–Crippen LogP) is 2.55. The van der Waals surface area contributed by atoms with Crippen molar-refractivity contribution in [3.05, 3.63) is 28.2 Å². The smallest absolute Gasteiger partial charge is 0.261 e. The molecule has 0 bridgehead atoms. The molecular weight excluding hydrogens is 361 g/mol. The molecule has 0 N–H and O–H groups in total. The van der Waals surface area contributed by atoms with Crippen LogP contribution in [-0.2, 0) is 14.6 Å². The second kappa shape index (κ2) is 6.49. The van der Waals surface area contributed by atoms with Gasteiger partial charge in [-0.2, -0.15) is 0 Å². The molecule has 1 aromatic rings. The molecule has 1 aromatic carbocycles. The SMILES string of the molecule is O=C(COc1cc(Cl)ccc1Cl)N(C1CC1)[C@@H]1CCS(=O)(=O)C1. The Morgan fingerprint density at radius 1 is 1.22 bits per heavy atom. The number of benzene rings is 1. The van der Waals surface area contributed by atoms with Crippen molar-refractivity contribution in [2.24, 2.45) is 0 Å². The quantitative estimate of drug-likeness (QED) is 0.790. The molecule has 1 atom stereocenters. The van der Waals surface area contributed by atoms with E-state index in [4.69, 9.17) is 27.9 Å². The Balaban J connectivity index is 1.67. The fourth-order valence-electron chi connectivity index (χ4n) is 2.85. The third-order valence-corrected chi connectivity index (χ3v) is 6.37. The average Bonchev–Trinajstić information content (AvgIpc) is 3.24. The van der Waals surface area contributed by atoms with Crippen LogP contribution in [0.1, 0.15) is 19.3 Å².